The number of nitrogens with one attached hydrogen (secondary N) is 2. The van der Waals surface area contributed by atoms with E-state index in [1.54, 1.807) is 19.2 Å². The number of carbonyl (C=O) groups is 1. The average molecular weight is 338 g/mol. The van der Waals surface area contributed by atoms with E-state index in [9.17, 15) is 4.79 Å². The minimum atomic E-state index is -0.283. The Morgan fingerprint density at radius 2 is 2.17 bits per heavy atom. The summed E-state index contributed by atoms with van der Waals surface area (Å²) in [4.78, 5) is 12.1. The molecule has 0 unspecified atom stereocenters. The van der Waals surface area contributed by atoms with Crippen molar-refractivity contribution >= 4 is 17.6 Å². The molecule has 2 rings (SSSR count). The zero-order valence-corrected chi connectivity index (χ0v) is 14.3. The van der Waals surface area contributed by atoms with Gasteiger partial charge in [0.15, 0.2) is 0 Å². The molecule has 0 radical (unpaired) electrons. The van der Waals surface area contributed by atoms with Gasteiger partial charge < -0.3 is 19.9 Å². The molecular formula is C16H20ClN3O3. The Bertz CT molecular complexity index is 680. The fourth-order valence-corrected chi connectivity index (χ4v) is 2.63. The number of methoxy groups -OCH3 is 1. The van der Waals surface area contributed by atoms with Gasteiger partial charge in [0.1, 0.15) is 11.5 Å². The van der Waals surface area contributed by atoms with Crippen molar-refractivity contribution in [3.63, 3.8) is 0 Å². The summed E-state index contributed by atoms with van der Waals surface area (Å²) in [5.41, 5.74) is 2.51. The highest BCUT2D eigenvalue weighted by Gasteiger charge is 2.18. The monoisotopic (exact) mass is 337 g/mol. The van der Waals surface area contributed by atoms with Crippen LogP contribution in [-0.2, 0) is 6.54 Å². The van der Waals surface area contributed by atoms with Crippen LogP contribution in [0.3, 0.4) is 0 Å². The standard InChI is InChI=1S/C16H20ClN3O3/c1-9(15-10(2)20-23-11(15)3)19-16(21)18-8-12-5-6-13(17)7-14(12)22-4/h5-7,9H,8H2,1-4H3,(H2,18,19,21)/t9-/m0/s1. The average Bonchev–Trinajstić information content (AvgIpc) is 2.84. The molecule has 0 bridgehead atoms. The van der Waals surface area contributed by atoms with Gasteiger partial charge in [-0.1, -0.05) is 22.8 Å². The van der Waals surface area contributed by atoms with Crippen LogP contribution in [-0.4, -0.2) is 18.3 Å². The van der Waals surface area contributed by atoms with Crippen molar-refractivity contribution < 1.29 is 14.1 Å². The van der Waals surface area contributed by atoms with Crippen LogP contribution in [0.5, 0.6) is 5.75 Å². The second-order valence-corrected chi connectivity index (χ2v) is 5.68. The lowest BCUT2D eigenvalue weighted by molar-refractivity contribution is 0.237. The van der Waals surface area contributed by atoms with E-state index >= 15 is 0 Å². The van der Waals surface area contributed by atoms with Gasteiger partial charge in [-0.3, -0.25) is 0 Å². The summed E-state index contributed by atoms with van der Waals surface area (Å²) in [6.45, 7) is 5.89. The topological polar surface area (TPSA) is 76.4 Å². The number of benzene rings is 1. The fourth-order valence-electron chi connectivity index (χ4n) is 2.47. The van der Waals surface area contributed by atoms with Gasteiger partial charge in [0.25, 0.3) is 0 Å². The number of aryl methyl sites for hydroxylation is 2. The summed E-state index contributed by atoms with van der Waals surface area (Å²) >= 11 is 5.92. The predicted octanol–water partition coefficient (Wildman–Crippen LogP) is 3.51. The lowest BCUT2D eigenvalue weighted by atomic mass is 10.1. The molecule has 0 fully saturated rings. The van der Waals surface area contributed by atoms with Crippen LogP contribution in [0.25, 0.3) is 0 Å². The minimum absolute atomic E-state index is 0.201. The number of aromatic nitrogens is 1. The molecule has 0 spiro atoms. The Labute approximate surface area is 140 Å². The van der Waals surface area contributed by atoms with Crippen LogP contribution >= 0.6 is 11.6 Å². The van der Waals surface area contributed by atoms with Crippen LogP contribution in [0.2, 0.25) is 5.02 Å². The van der Waals surface area contributed by atoms with Crippen molar-refractivity contribution in [3.05, 3.63) is 45.8 Å². The van der Waals surface area contributed by atoms with Gasteiger partial charge in [0.05, 0.1) is 18.8 Å². The minimum Gasteiger partial charge on any atom is -0.496 e. The van der Waals surface area contributed by atoms with Crippen LogP contribution in [0.4, 0.5) is 4.79 Å². The molecule has 7 heteroatoms. The quantitative estimate of drug-likeness (QED) is 0.875. The Morgan fingerprint density at radius 1 is 1.43 bits per heavy atom. The molecule has 2 amide bonds. The van der Waals surface area contributed by atoms with Crippen LogP contribution in [0, 0.1) is 13.8 Å². The van der Waals surface area contributed by atoms with E-state index in [0.717, 1.165) is 16.8 Å². The lowest BCUT2D eigenvalue weighted by Crippen LogP contribution is -2.37. The second kappa shape index (κ2) is 7.37. The van der Waals surface area contributed by atoms with E-state index in [0.29, 0.717) is 23.1 Å². The molecular weight excluding hydrogens is 318 g/mol. The number of ether oxygens (including phenoxy) is 1. The Kier molecular flexibility index (Phi) is 5.50. The third-order valence-corrected chi connectivity index (χ3v) is 3.79. The Balaban J connectivity index is 1.95. The van der Waals surface area contributed by atoms with Gasteiger partial charge in [-0.25, -0.2) is 4.79 Å². The van der Waals surface area contributed by atoms with E-state index in [1.807, 2.05) is 26.8 Å². The number of rotatable bonds is 5. The molecule has 0 aliphatic heterocycles. The van der Waals surface area contributed by atoms with Crippen molar-refractivity contribution in [1.82, 2.24) is 15.8 Å². The summed E-state index contributed by atoms with van der Waals surface area (Å²) in [6.07, 6.45) is 0. The molecule has 1 atom stereocenters. The third-order valence-electron chi connectivity index (χ3n) is 3.56. The van der Waals surface area contributed by atoms with Crippen molar-refractivity contribution in [2.75, 3.05) is 7.11 Å². The maximum atomic E-state index is 12.1. The maximum Gasteiger partial charge on any atom is 0.315 e. The molecule has 1 heterocycles. The van der Waals surface area contributed by atoms with Crippen LogP contribution in [0.15, 0.2) is 22.7 Å². The number of carbonyl (C=O) groups excluding carboxylic acids is 1. The zero-order chi connectivity index (χ0) is 17.0. The maximum absolute atomic E-state index is 12.1. The van der Waals surface area contributed by atoms with E-state index in [1.165, 1.54) is 0 Å². The molecule has 0 saturated heterocycles. The molecule has 1 aromatic heterocycles. The molecule has 124 valence electrons. The van der Waals surface area contributed by atoms with Gasteiger partial charge in [-0.05, 0) is 32.9 Å². The Hall–Kier alpha value is -2.21. The number of hydrogen-bond acceptors (Lipinski definition) is 4. The second-order valence-electron chi connectivity index (χ2n) is 5.24. The van der Waals surface area contributed by atoms with Gasteiger partial charge in [0.2, 0.25) is 0 Å². The summed E-state index contributed by atoms with van der Waals surface area (Å²) < 4.78 is 10.4. The summed E-state index contributed by atoms with van der Waals surface area (Å²) in [5, 5.41) is 10.1. The van der Waals surface area contributed by atoms with E-state index in [-0.39, 0.29) is 12.1 Å². The molecule has 2 aromatic rings. The van der Waals surface area contributed by atoms with E-state index in [2.05, 4.69) is 15.8 Å². The largest absolute Gasteiger partial charge is 0.496 e. The molecule has 0 aliphatic rings. The lowest BCUT2D eigenvalue weighted by Gasteiger charge is -2.15. The third kappa shape index (κ3) is 4.16. The van der Waals surface area contributed by atoms with Crippen molar-refractivity contribution in [3.8, 4) is 5.75 Å². The molecule has 2 N–H and O–H groups in total. The molecule has 1 aromatic carbocycles. The molecule has 23 heavy (non-hydrogen) atoms. The highest BCUT2D eigenvalue weighted by molar-refractivity contribution is 6.30. The normalized spacial score (nSPS) is 11.9. The number of urea groups is 1. The van der Waals surface area contributed by atoms with Gasteiger partial charge >= 0.3 is 6.03 Å². The zero-order valence-electron chi connectivity index (χ0n) is 13.6. The predicted molar refractivity (Wildman–Crippen MR) is 87.8 cm³/mol. The summed E-state index contributed by atoms with van der Waals surface area (Å²) in [5.74, 6) is 1.34. The number of halogens is 1. The molecule has 6 nitrogen and oxygen atoms in total. The Morgan fingerprint density at radius 3 is 2.78 bits per heavy atom. The number of hydrogen-bond donors (Lipinski definition) is 2. The van der Waals surface area contributed by atoms with Crippen molar-refractivity contribution in [1.29, 1.82) is 0 Å². The first-order valence-corrected chi connectivity index (χ1v) is 7.59. The summed E-state index contributed by atoms with van der Waals surface area (Å²) in [7, 11) is 1.56. The molecule has 0 aliphatic carbocycles. The van der Waals surface area contributed by atoms with Gasteiger partial charge in [-0.2, -0.15) is 0 Å². The van der Waals surface area contributed by atoms with Crippen molar-refractivity contribution in [2.45, 2.75) is 33.4 Å². The van der Waals surface area contributed by atoms with E-state index < -0.39 is 0 Å². The van der Waals surface area contributed by atoms with E-state index in [4.69, 9.17) is 20.9 Å². The first kappa shape index (κ1) is 17.1. The smallest absolute Gasteiger partial charge is 0.315 e. The van der Waals surface area contributed by atoms with Crippen molar-refractivity contribution in [2.24, 2.45) is 0 Å². The number of amides is 2. The van der Waals surface area contributed by atoms with Crippen LogP contribution in [0.1, 0.15) is 35.5 Å². The van der Waals surface area contributed by atoms with Crippen LogP contribution < -0.4 is 15.4 Å². The SMILES string of the molecule is COc1cc(Cl)ccc1CNC(=O)N[C@@H](C)c1c(C)noc1C. The first-order valence-electron chi connectivity index (χ1n) is 7.22. The molecule has 0 saturated carbocycles. The fraction of sp³-hybridized carbons (Fsp3) is 0.375. The highest BCUT2D eigenvalue weighted by Crippen LogP contribution is 2.23. The summed E-state index contributed by atoms with van der Waals surface area (Å²) in [6, 6.07) is 4.80. The number of nitrogens with zero attached hydrogens (tertiary/aromatic N) is 1. The van der Waals surface area contributed by atoms with Gasteiger partial charge in [-0.15, -0.1) is 0 Å². The van der Waals surface area contributed by atoms with Gasteiger partial charge in [0, 0.05) is 22.7 Å². The highest BCUT2D eigenvalue weighted by atomic mass is 35.5. The first-order chi connectivity index (χ1) is 10.9.